The van der Waals surface area contributed by atoms with Crippen molar-refractivity contribution in [3.8, 4) is 0 Å². The standard InChI is InChI=1S/C9H12BrF3N2/c1-8(2,3)6-5(10)7(9(11,12)13)15(4)14-6/h1-4H3. The maximum absolute atomic E-state index is 12.6. The van der Waals surface area contributed by atoms with Crippen molar-refractivity contribution in [2.24, 2.45) is 7.05 Å². The summed E-state index contributed by atoms with van der Waals surface area (Å²) in [6, 6.07) is 0. The van der Waals surface area contributed by atoms with Gasteiger partial charge in [0.2, 0.25) is 0 Å². The molecule has 1 aromatic rings. The molecular weight excluding hydrogens is 273 g/mol. The van der Waals surface area contributed by atoms with Crippen molar-refractivity contribution in [2.45, 2.75) is 32.4 Å². The predicted octanol–water partition coefficient (Wildman–Crippen LogP) is 3.50. The lowest BCUT2D eigenvalue weighted by Gasteiger charge is -2.15. The van der Waals surface area contributed by atoms with Crippen LogP contribution in [-0.2, 0) is 18.6 Å². The number of hydrogen-bond donors (Lipinski definition) is 0. The molecule has 0 aliphatic rings. The highest BCUT2D eigenvalue weighted by Crippen LogP contribution is 2.39. The van der Waals surface area contributed by atoms with E-state index in [9.17, 15) is 13.2 Å². The number of halogens is 4. The van der Waals surface area contributed by atoms with Crippen LogP contribution in [-0.4, -0.2) is 9.78 Å². The van der Waals surface area contributed by atoms with Gasteiger partial charge in [0, 0.05) is 12.5 Å². The summed E-state index contributed by atoms with van der Waals surface area (Å²) in [4.78, 5) is 0. The van der Waals surface area contributed by atoms with Crippen LogP contribution in [0.25, 0.3) is 0 Å². The van der Waals surface area contributed by atoms with E-state index in [2.05, 4.69) is 21.0 Å². The molecule has 0 radical (unpaired) electrons. The lowest BCUT2D eigenvalue weighted by Crippen LogP contribution is -2.13. The zero-order valence-electron chi connectivity index (χ0n) is 8.91. The number of rotatable bonds is 0. The first-order chi connectivity index (χ1) is 6.55. The highest BCUT2D eigenvalue weighted by atomic mass is 79.9. The first-order valence-electron chi connectivity index (χ1n) is 4.35. The van der Waals surface area contributed by atoms with Crippen molar-refractivity contribution in [1.82, 2.24) is 9.78 Å². The molecule has 0 N–H and O–H groups in total. The lowest BCUT2D eigenvalue weighted by atomic mass is 9.92. The molecule has 0 bridgehead atoms. The molecule has 1 heterocycles. The number of nitrogens with zero attached hydrogens (tertiary/aromatic N) is 2. The van der Waals surface area contributed by atoms with E-state index in [0.29, 0.717) is 5.69 Å². The molecule has 1 rings (SSSR count). The van der Waals surface area contributed by atoms with Crippen LogP contribution in [0.5, 0.6) is 0 Å². The van der Waals surface area contributed by atoms with E-state index in [-0.39, 0.29) is 4.47 Å². The topological polar surface area (TPSA) is 17.8 Å². The van der Waals surface area contributed by atoms with Crippen molar-refractivity contribution in [3.63, 3.8) is 0 Å². The largest absolute Gasteiger partial charge is 0.434 e. The van der Waals surface area contributed by atoms with Gasteiger partial charge in [0.1, 0.15) is 0 Å². The van der Waals surface area contributed by atoms with Gasteiger partial charge in [-0.25, -0.2) is 0 Å². The first kappa shape index (κ1) is 12.5. The fourth-order valence-corrected chi connectivity index (χ4v) is 2.44. The average molecular weight is 285 g/mol. The van der Waals surface area contributed by atoms with Crippen molar-refractivity contribution in [3.05, 3.63) is 15.9 Å². The predicted molar refractivity (Wildman–Crippen MR) is 54.6 cm³/mol. The molecule has 0 amide bonds. The third-order valence-electron chi connectivity index (χ3n) is 1.97. The van der Waals surface area contributed by atoms with Gasteiger partial charge in [-0.15, -0.1) is 0 Å². The minimum atomic E-state index is -4.38. The molecule has 6 heteroatoms. The van der Waals surface area contributed by atoms with Crippen LogP contribution >= 0.6 is 15.9 Å². The molecule has 0 aliphatic carbocycles. The molecule has 0 aliphatic heterocycles. The van der Waals surface area contributed by atoms with Gasteiger partial charge in [-0.05, 0) is 15.9 Å². The monoisotopic (exact) mass is 284 g/mol. The van der Waals surface area contributed by atoms with Crippen LogP contribution in [0.15, 0.2) is 4.47 Å². The maximum atomic E-state index is 12.6. The van der Waals surface area contributed by atoms with Crippen LogP contribution in [0, 0.1) is 0 Å². The molecule has 0 saturated heterocycles. The summed E-state index contributed by atoms with van der Waals surface area (Å²) < 4.78 is 38.8. The number of hydrogen-bond acceptors (Lipinski definition) is 1. The Morgan fingerprint density at radius 2 is 1.67 bits per heavy atom. The Balaban J connectivity index is 3.41. The number of alkyl halides is 3. The summed E-state index contributed by atoms with van der Waals surface area (Å²) in [5, 5.41) is 3.90. The molecule has 0 unspecified atom stereocenters. The van der Waals surface area contributed by atoms with Gasteiger partial charge in [0.15, 0.2) is 5.69 Å². The van der Waals surface area contributed by atoms with E-state index in [1.165, 1.54) is 7.05 Å². The Morgan fingerprint density at radius 1 is 1.20 bits per heavy atom. The maximum Gasteiger partial charge on any atom is 0.434 e. The Hall–Kier alpha value is -0.520. The van der Waals surface area contributed by atoms with E-state index < -0.39 is 17.3 Å². The van der Waals surface area contributed by atoms with Gasteiger partial charge in [-0.3, -0.25) is 4.68 Å². The van der Waals surface area contributed by atoms with E-state index in [0.717, 1.165) is 4.68 Å². The van der Waals surface area contributed by atoms with Crippen molar-refractivity contribution >= 4 is 15.9 Å². The normalized spacial score (nSPS) is 13.3. The summed E-state index contributed by atoms with van der Waals surface area (Å²) in [7, 11) is 1.29. The van der Waals surface area contributed by atoms with Gasteiger partial charge in [-0.2, -0.15) is 18.3 Å². The summed E-state index contributed by atoms with van der Waals surface area (Å²) in [5.41, 5.74) is -0.746. The van der Waals surface area contributed by atoms with Crippen LogP contribution in [0.1, 0.15) is 32.2 Å². The molecular formula is C9H12BrF3N2. The fraction of sp³-hybridized carbons (Fsp3) is 0.667. The zero-order chi connectivity index (χ0) is 12.0. The van der Waals surface area contributed by atoms with Gasteiger partial charge < -0.3 is 0 Å². The summed E-state index contributed by atoms with van der Waals surface area (Å²) in [5.74, 6) is 0. The van der Waals surface area contributed by atoms with Crippen LogP contribution < -0.4 is 0 Å². The molecule has 0 saturated carbocycles. The quantitative estimate of drug-likeness (QED) is 0.713. The molecule has 2 nitrogen and oxygen atoms in total. The second kappa shape index (κ2) is 3.50. The molecule has 0 fully saturated rings. The summed E-state index contributed by atoms with van der Waals surface area (Å²) >= 11 is 2.97. The van der Waals surface area contributed by atoms with Crippen LogP contribution in [0.3, 0.4) is 0 Å². The molecule has 86 valence electrons. The van der Waals surface area contributed by atoms with Crippen molar-refractivity contribution in [1.29, 1.82) is 0 Å². The smallest absolute Gasteiger partial charge is 0.262 e. The fourth-order valence-electron chi connectivity index (χ4n) is 1.29. The molecule has 0 spiro atoms. The second-order valence-electron chi connectivity index (χ2n) is 4.38. The Labute approximate surface area is 94.6 Å². The SMILES string of the molecule is Cn1nc(C(C)(C)C)c(Br)c1C(F)(F)F. The Bertz CT molecular complexity index is 374. The molecule has 15 heavy (non-hydrogen) atoms. The van der Waals surface area contributed by atoms with Gasteiger partial charge >= 0.3 is 6.18 Å². The van der Waals surface area contributed by atoms with E-state index >= 15 is 0 Å². The third-order valence-corrected chi connectivity index (χ3v) is 2.72. The highest BCUT2D eigenvalue weighted by molar-refractivity contribution is 9.10. The number of aromatic nitrogens is 2. The molecule has 0 aromatic carbocycles. The minimum absolute atomic E-state index is 0.0324. The van der Waals surface area contributed by atoms with Gasteiger partial charge in [0.25, 0.3) is 0 Å². The summed E-state index contributed by atoms with van der Waals surface area (Å²) in [6.45, 7) is 5.46. The van der Waals surface area contributed by atoms with E-state index in [1.54, 1.807) is 0 Å². The minimum Gasteiger partial charge on any atom is -0.262 e. The average Bonchev–Trinajstić information content (AvgIpc) is 2.22. The van der Waals surface area contributed by atoms with E-state index in [4.69, 9.17) is 0 Å². The van der Waals surface area contributed by atoms with Gasteiger partial charge in [-0.1, -0.05) is 20.8 Å². The second-order valence-corrected chi connectivity index (χ2v) is 5.18. The highest BCUT2D eigenvalue weighted by Gasteiger charge is 2.40. The number of aryl methyl sites for hydroxylation is 1. The van der Waals surface area contributed by atoms with Crippen molar-refractivity contribution in [2.75, 3.05) is 0 Å². The van der Waals surface area contributed by atoms with Crippen molar-refractivity contribution < 1.29 is 13.2 Å². The Morgan fingerprint density at radius 3 is 1.87 bits per heavy atom. The Kier molecular flexibility index (Phi) is 2.93. The van der Waals surface area contributed by atoms with E-state index in [1.807, 2.05) is 20.8 Å². The first-order valence-corrected chi connectivity index (χ1v) is 5.14. The third kappa shape index (κ3) is 2.35. The van der Waals surface area contributed by atoms with Gasteiger partial charge in [0.05, 0.1) is 10.2 Å². The molecule has 1 aromatic heterocycles. The van der Waals surface area contributed by atoms with Crippen LogP contribution in [0.2, 0.25) is 0 Å². The summed E-state index contributed by atoms with van der Waals surface area (Å²) in [6.07, 6.45) is -4.38. The lowest BCUT2D eigenvalue weighted by molar-refractivity contribution is -0.144. The zero-order valence-corrected chi connectivity index (χ0v) is 10.5. The van der Waals surface area contributed by atoms with Crippen LogP contribution in [0.4, 0.5) is 13.2 Å². The molecule has 0 atom stereocenters.